The molecule has 8 N–H and O–H groups in total. The molecule has 0 saturated heterocycles. The average molecular weight is 838 g/mol. The highest BCUT2D eigenvalue weighted by Gasteiger charge is 2.07. The molecule has 5 aromatic rings. The minimum atomic E-state index is 0.0820. The van der Waals surface area contributed by atoms with E-state index in [1.54, 1.807) is 19.0 Å². The molecule has 2 amide bonds. The lowest BCUT2D eigenvalue weighted by Gasteiger charge is -2.13. The molecule has 334 valence electrons. The van der Waals surface area contributed by atoms with Crippen LogP contribution < -0.4 is 26.6 Å². The lowest BCUT2D eigenvalue weighted by Crippen LogP contribution is -2.28. The van der Waals surface area contributed by atoms with Crippen molar-refractivity contribution in [3.63, 3.8) is 0 Å². The van der Waals surface area contributed by atoms with Gasteiger partial charge in [0.05, 0.1) is 19.0 Å². The summed E-state index contributed by atoms with van der Waals surface area (Å²) < 4.78 is 0. The van der Waals surface area contributed by atoms with E-state index < -0.39 is 0 Å². The molecule has 2 atom stereocenters. The molecule has 5 rings (SSSR count). The topological polar surface area (TPSA) is 180 Å². The number of anilines is 2. The number of aryl methyl sites for hydroxylation is 2. The predicted molar refractivity (Wildman–Crippen MR) is 251 cm³/mol. The number of rotatable bonds is 27. The highest BCUT2D eigenvalue weighted by Crippen LogP contribution is 2.12. The van der Waals surface area contributed by atoms with Crippen LogP contribution in [0.4, 0.5) is 11.4 Å². The number of carbonyl (C=O) groups is 2. The molecule has 0 saturated carbocycles. The molecule has 2 aromatic carbocycles. The second kappa shape index (κ2) is 31.7. The van der Waals surface area contributed by atoms with E-state index in [2.05, 4.69) is 77.3 Å². The van der Waals surface area contributed by atoms with Crippen molar-refractivity contribution < 1.29 is 9.59 Å². The van der Waals surface area contributed by atoms with Gasteiger partial charge >= 0.3 is 0 Å². The fourth-order valence-electron chi connectivity index (χ4n) is 6.43. The third-order valence-electron chi connectivity index (χ3n) is 10.2. The summed E-state index contributed by atoms with van der Waals surface area (Å²) in [6, 6.07) is 16.6. The van der Waals surface area contributed by atoms with Crippen LogP contribution in [-0.4, -0.2) is 80.0 Å². The minimum absolute atomic E-state index is 0.0820. The van der Waals surface area contributed by atoms with Crippen LogP contribution in [0.15, 0.2) is 86.1 Å². The van der Waals surface area contributed by atoms with Gasteiger partial charge in [0.2, 0.25) is 11.8 Å². The van der Waals surface area contributed by atoms with E-state index in [1.807, 2.05) is 81.0 Å². The molecule has 0 spiro atoms. The zero-order valence-corrected chi connectivity index (χ0v) is 37.6. The van der Waals surface area contributed by atoms with E-state index in [9.17, 15) is 9.59 Å². The van der Waals surface area contributed by atoms with Crippen LogP contribution in [0, 0.1) is 13.8 Å². The fourth-order valence-corrected chi connectivity index (χ4v) is 6.43. The molecule has 0 bridgehead atoms. The number of benzene rings is 2. The average Bonchev–Trinajstić information content (AvgIpc) is 4.08. The number of unbranched alkanes of at least 4 members (excludes halogenated alkanes) is 4. The van der Waals surface area contributed by atoms with E-state index in [0.29, 0.717) is 24.9 Å². The molecule has 61 heavy (non-hydrogen) atoms. The van der Waals surface area contributed by atoms with Gasteiger partial charge in [-0.25, -0.2) is 15.0 Å². The first-order valence-corrected chi connectivity index (χ1v) is 22.5. The van der Waals surface area contributed by atoms with E-state index in [1.165, 1.54) is 42.5 Å². The van der Waals surface area contributed by atoms with Crippen molar-refractivity contribution in [1.29, 1.82) is 0 Å². The Morgan fingerprint density at radius 3 is 1.43 bits per heavy atom. The summed E-state index contributed by atoms with van der Waals surface area (Å²) in [7, 11) is 0. The van der Waals surface area contributed by atoms with Gasteiger partial charge in [0.25, 0.3) is 0 Å². The van der Waals surface area contributed by atoms with Gasteiger partial charge in [0.1, 0.15) is 0 Å². The Kier molecular flexibility index (Phi) is 26.1. The molecule has 13 nitrogen and oxygen atoms in total. The Morgan fingerprint density at radius 2 is 0.984 bits per heavy atom. The van der Waals surface area contributed by atoms with Crippen LogP contribution in [-0.2, 0) is 28.9 Å². The molecule has 0 radical (unpaired) electrons. The first-order valence-electron chi connectivity index (χ1n) is 22.5. The zero-order valence-electron chi connectivity index (χ0n) is 37.6. The maximum atomic E-state index is 11.9. The molecule has 0 aliphatic rings. The Morgan fingerprint density at radius 1 is 0.541 bits per heavy atom. The summed E-state index contributed by atoms with van der Waals surface area (Å²) in [5, 5.41) is 16.3. The van der Waals surface area contributed by atoms with Gasteiger partial charge in [-0.2, -0.15) is 0 Å². The second-order valence-electron chi connectivity index (χ2n) is 16.0. The summed E-state index contributed by atoms with van der Waals surface area (Å²) in [6.07, 6.45) is 25.1. The Hall–Kier alpha value is -5.11. The van der Waals surface area contributed by atoms with Crippen LogP contribution in [0.2, 0.25) is 0 Å². The molecule has 0 aliphatic carbocycles. The van der Waals surface area contributed by atoms with E-state index >= 15 is 0 Å². The van der Waals surface area contributed by atoms with Crippen molar-refractivity contribution in [2.24, 2.45) is 0 Å². The van der Waals surface area contributed by atoms with E-state index in [-0.39, 0.29) is 11.8 Å². The van der Waals surface area contributed by atoms with Crippen LogP contribution in [0.1, 0.15) is 120 Å². The van der Waals surface area contributed by atoms with Gasteiger partial charge in [-0.3, -0.25) is 9.59 Å². The maximum Gasteiger partial charge on any atom is 0.224 e. The van der Waals surface area contributed by atoms with E-state index in [0.717, 1.165) is 100 Å². The number of hydrogen-bond acceptors (Lipinski definition) is 8. The largest absolute Gasteiger partial charge is 0.348 e. The third kappa shape index (κ3) is 25.3. The monoisotopic (exact) mass is 838 g/mol. The number of aromatic nitrogens is 6. The Labute approximate surface area is 365 Å². The highest BCUT2D eigenvalue weighted by molar-refractivity contribution is 5.91. The molecule has 13 heteroatoms. The van der Waals surface area contributed by atoms with Crippen LogP contribution in [0.5, 0.6) is 0 Å². The lowest BCUT2D eigenvalue weighted by molar-refractivity contribution is -0.117. The van der Waals surface area contributed by atoms with Crippen molar-refractivity contribution in [1.82, 2.24) is 45.9 Å². The maximum absolute atomic E-state index is 11.9. The standard InChI is InChI=1S/C19H28N4O.C18H26N4O.C11H21N3/c1-15-7-9-17(10-8-15)23-19(24)6-4-3-5-16(2)21-12-11-18-13-20-14-22-18;1-14-6-8-16(9-7-14)22-18(23)5-3-4-15(2)20-11-10-17-12-19-13-21-17;1-2-3-4-5-7-12-8-6-11-9-13-10-14-11/h7-10,13-14,16,21H,3-6,11-12H2,1-2H3,(H,20,22)(H,23,24);6-9,12-13,15,20H,3-5,10-11H2,1-2H3,(H,19,21)(H,22,23);9-10,12H,2-8H2,1H3,(H,13,14). The molecule has 0 aliphatic heterocycles. The van der Waals surface area contributed by atoms with Crippen molar-refractivity contribution in [3.8, 4) is 0 Å². The molecular weight excluding hydrogens is 763 g/mol. The summed E-state index contributed by atoms with van der Waals surface area (Å²) in [6.45, 7) is 14.7. The summed E-state index contributed by atoms with van der Waals surface area (Å²) in [5.41, 5.74) is 7.64. The lowest BCUT2D eigenvalue weighted by atomic mass is 10.1. The van der Waals surface area contributed by atoms with Crippen LogP contribution in [0.3, 0.4) is 0 Å². The van der Waals surface area contributed by atoms with Gasteiger partial charge in [-0.1, -0.05) is 68.0 Å². The first-order chi connectivity index (χ1) is 29.7. The van der Waals surface area contributed by atoms with Gasteiger partial charge in [-0.05, 0) is 90.6 Å². The third-order valence-corrected chi connectivity index (χ3v) is 10.2. The molecule has 3 aromatic heterocycles. The SMILES string of the molecule is CCCCCCNCCc1cnc[nH]1.Cc1ccc(NC(=O)CCCC(C)NCCc2cnc[nH]2)cc1.Cc1ccc(NC(=O)CCCCC(C)NCCc2cnc[nH]2)cc1. The number of amides is 2. The van der Waals surface area contributed by atoms with E-state index in [4.69, 9.17) is 0 Å². The summed E-state index contributed by atoms with van der Waals surface area (Å²) in [5.74, 6) is 0.178. The number of imidazole rings is 3. The van der Waals surface area contributed by atoms with Gasteiger partial charge < -0.3 is 41.5 Å². The van der Waals surface area contributed by atoms with Crippen LogP contribution in [0.25, 0.3) is 0 Å². The molecule has 0 fully saturated rings. The smallest absolute Gasteiger partial charge is 0.224 e. The number of aromatic amines is 3. The van der Waals surface area contributed by atoms with Gasteiger partial charge in [-0.15, -0.1) is 0 Å². The minimum Gasteiger partial charge on any atom is -0.348 e. The number of nitrogens with one attached hydrogen (secondary N) is 8. The fraction of sp³-hybridized carbons (Fsp3) is 0.521. The number of hydrogen-bond donors (Lipinski definition) is 8. The van der Waals surface area contributed by atoms with Crippen molar-refractivity contribution in [3.05, 3.63) is 114 Å². The van der Waals surface area contributed by atoms with Crippen molar-refractivity contribution >= 4 is 23.2 Å². The Bertz CT molecular complexity index is 1780. The normalized spacial score (nSPS) is 11.8. The first kappa shape index (κ1) is 50.2. The zero-order chi connectivity index (χ0) is 43.8. The van der Waals surface area contributed by atoms with Crippen LogP contribution >= 0.6 is 0 Å². The van der Waals surface area contributed by atoms with Gasteiger partial charge in [0, 0.05) is 111 Å². The Balaban J connectivity index is 0.000000253. The quantitative estimate of drug-likeness (QED) is 0.0242. The number of nitrogens with zero attached hydrogens (tertiary/aromatic N) is 3. The summed E-state index contributed by atoms with van der Waals surface area (Å²) in [4.78, 5) is 45.1. The van der Waals surface area contributed by atoms with Crippen molar-refractivity contribution in [2.75, 3.05) is 36.8 Å². The highest BCUT2D eigenvalue weighted by atomic mass is 16.2. The molecule has 2 unspecified atom stereocenters. The molecule has 3 heterocycles. The summed E-state index contributed by atoms with van der Waals surface area (Å²) >= 11 is 0. The number of H-pyrrole nitrogens is 3. The van der Waals surface area contributed by atoms with Crippen molar-refractivity contribution in [2.45, 2.75) is 137 Å². The molecular formula is C48H75N11O2. The predicted octanol–water partition coefficient (Wildman–Crippen LogP) is 8.61. The van der Waals surface area contributed by atoms with Gasteiger partial charge in [0.15, 0.2) is 0 Å². The second-order valence-corrected chi connectivity index (χ2v) is 16.0. The number of carbonyl (C=O) groups excluding carboxylic acids is 2.